The second-order valence-electron chi connectivity index (χ2n) is 4.28. The lowest BCUT2D eigenvalue weighted by Gasteiger charge is -2.03. The Morgan fingerprint density at radius 2 is 1.95 bits per heavy atom. The second-order valence-corrected chi connectivity index (χ2v) is 4.28. The first kappa shape index (κ1) is 14.1. The smallest absolute Gasteiger partial charge is 0.360 e. The number of nitrogens with zero attached hydrogens (tertiary/aromatic N) is 1. The van der Waals surface area contributed by atoms with E-state index in [1.807, 2.05) is 0 Å². The molecular weight excluding hydrogens is 256 g/mol. The molecule has 0 spiro atoms. The predicted octanol–water partition coefficient (Wildman–Crippen LogP) is 3.03. The molecule has 106 valence electrons. The van der Waals surface area contributed by atoms with Crippen LogP contribution < -0.4 is 5.32 Å². The van der Waals surface area contributed by atoms with Crippen molar-refractivity contribution in [3.05, 3.63) is 47.3 Å². The van der Waals surface area contributed by atoms with Crippen LogP contribution in [-0.2, 0) is 17.7 Å². The fraction of sp³-hybridized carbons (Fsp3) is 0.333. The van der Waals surface area contributed by atoms with Gasteiger partial charge in [0.05, 0.1) is 6.61 Å². The molecule has 0 bridgehead atoms. The van der Waals surface area contributed by atoms with Gasteiger partial charge in [0, 0.05) is 6.54 Å². The Kier molecular flexibility index (Phi) is 4.76. The van der Waals surface area contributed by atoms with Gasteiger partial charge < -0.3 is 14.5 Å². The molecule has 0 saturated heterocycles. The summed E-state index contributed by atoms with van der Waals surface area (Å²) in [5.41, 5.74) is 2.60. The fourth-order valence-corrected chi connectivity index (χ4v) is 1.72. The highest BCUT2D eigenvalue weighted by atomic mass is 16.5. The predicted molar refractivity (Wildman–Crippen MR) is 75.6 cm³/mol. The van der Waals surface area contributed by atoms with E-state index >= 15 is 0 Å². The highest BCUT2D eigenvalue weighted by molar-refractivity contribution is 5.87. The minimum Gasteiger partial charge on any atom is -0.461 e. The van der Waals surface area contributed by atoms with Crippen LogP contribution in [0.2, 0.25) is 0 Å². The number of hydrogen-bond donors (Lipinski definition) is 1. The van der Waals surface area contributed by atoms with Gasteiger partial charge in [-0.3, -0.25) is 0 Å². The van der Waals surface area contributed by atoms with Crippen molar-refractivity contribution in [3.63, 3.8) is 0 Å². The molecule has 0 unspecified atom stereocenters. The molecule has 0 atom stereocenters. The van der Waals surface area contributed by atoms with E-state index in [-0.39, 0.29) is 5.69 Å². The Morgan fingerprint density at radius 3 is 2.60 bits per heavy atom. The van der Waals surface area contributed by atoms with Crippen molar-refractivity contribution >= 4 is 12.0 Å². The minimum absolute atomic E-state index is 0.177. The summed E-state index contributed by atoms with van der Waals surface area (Å²) >= 11 is 0. The monoisotopic (exact) mass is 274 g/mol. The fourth-order valence-electron chi connectivity index (χ4n) is 1.72. The van der Waals surface area contributed by atoms with Gasteiger partial charge in [0.15, 0.2) is 5.69 Å². The van der Waals surface area contributed by atoms with Crippen LogP contribution in [0.15, 0.2) is 34.9 Å². The summed E-state index contributed by atoms with van der Waals surface area (Å²) in [4.78, 5) is 15.5. The Bertz CT molecular complexity index is 561. The number of aryl methyl sites for hydroxylation is 1. The van der Waals surface area contributed by atoms with Crippen molar-refractivity contribution in [1.29, 1.82) is 0 Å². The number of aromatic nitrogens is 1. The van der Waals surface area contributed by atoms with Crippen molar-refractivity contribution < 1.29 is 13.9 Å². The number of benzene rings is 1. The van der Waals surface area contributed by atoms with Crippen LogP contribution in [0.3, 0.4) is 0 Å². The van der Waals surface area contributed by atoms with E-state index in [0.29, 0.717) is 19.2 Å². The van der Waals surface area contributed by atoms with Gasteiger partial charge in [-0.2, -0.15) is 4.98 Å². The molecule has 1 aromatic carbocycles. The average molecular weight is 274 g/mol. The number of rotatable bonds is 6. The molecule has 1 aromatic heterocycles. The van der Waals surface area contributed by atoms with Gasteiger partial charge >= 0.3 is 5.97 Å². The maximum Gasteiger partial charge on any atom is 0.360 e. The highest BCUT2D eigenvalue weighted by Gasteiger charge is 2.12. The van der Waals surface area contributed by atoms with E-state index in [4.69, 9.17) is 9.15 Å². The molecule has 0 fully saturated rings. The molecule has 20 heavy (non-hydrogen) atoms. The summed E-state index contributed by atoms with van der Waals surface area (Å²) in [5.74, 6) is -0.475. The van der Waals surface area contributed by atoms with Crippen molar-refractivity contribution in [2.24, 2.45) is 0 Å². The van der Waals surface area contributed by atoms with E-state index in [2.05, 4.69) is 41.5 Å². The molecule has 0 aliphatic heterocycles. The molecule has 2 aromatic rings. The third kappa shape index (κ3) is 3.60. The molecule has 0 amide bonds. The summed E-state index contributed by atoms with van der Waals surface area (Å²) < 4.78 is 10.0. The van der Waals surface area contributed by atoms with Crippen molar-refractivity contribution in [1.82, 2.24) is 4.98 Å². The summed E-state index contributed by atoms with van der Waals surface area (Å²) in [5, 5.41) is 3.03. The van der Waals surface area contributed by atoms with Gasteiger partial charge in [-0.1, -0.05) is 31.2 Å². The summed E-state index contributed by atoms with van der Waals surface area (Å²) in [7, 11) is 0. The Balaban J connectivity index is 1.91. The van der Waals surface area contributed by atoms with E-state index in [9.17, 15) is 4.79 Å². The van der Waals surface area contributed by atoms with Crippen molar-refractivity contribution in [2.45, 2.75) is 26.8 Å². The lowest BCUT2D eigenvalue weighted by Crippen LogP contribution is -2.05. The van der Waals surface area contributed by atoms with Crippen molar-refractivity contribution in [2.75, 3.05) is 11.9 Å². The molecule has 0 aliphatic rings. The lowest BCUT2D eigenvalue weighted by molar-refractivity contribution is 0.0519. The molecular formula is C15H18N2O3. The van der Waals surface area contributed by atoms with E-state index in [1.54, 1.807) is 6.92 Å². The maximum absolute atomic E-state index is 11.4. The number of ether oxygens (including phenoxy) is 1. The first-order valence-electron chi connectivity index (χ1n) is 6.67. The van der Waals surface area contributed by atoms with Gasteiger partial charge in [0.1, 0.15) is 6.26 Å². The Hall–Kier alpha value is -2.30. The average Bonchev–Trinajstić information content (AvgIpc) is 2.95. The van der Waals surface area contributed by atoms with Crippen LogP contribution in [0, 0.1) is 0 Å². The standard InChI is InChI=1S/C15H18N2O3/c1-3-11-5-7-12(8-6-11)9-16-15-17-13(10-20-15)14(18)19-4-2/h5-8,10H,3-4,9H2,1-2H3,(H,16,17). The number of oxazole rings is 1. The third-order valence-corrected chi connectivity index (χ3v) is 2.86. The van der Waals surface area contributed by atoms with E-state index in [1.165, 1.54) is 11.8 Å². The topological polar surface area (TPSA) is 64.4 Å². The van der Waals surface area contributed by atoms with Gasteiger partial charge in [-0.25, -0.2) is 4.79 Å². The quantitative estimate of drug-likeness (QED) is 0.820. The zero-order chi connectivity index (χ0) is 14.4. The minimum atomic E-state index is -0.475. The molecule has 0 saturated carbocycles. The van der Waals surface area contributed by atoms with E-state index < -0.39 is 5.97 Å². The first-order valence-corrected chi connectivity index (χ1v) is 6.67. The van der Waals surface area contributed by atoms with Crippen LogP contribution in [0.5, 0.6) is 0 Å². The highest BCUT2D eigenvalue weighted by Crippen LogP contribution is 2.11. The first-order chi connectivity index (χ1) is 9.72. The second kappa shape index (κ2) is 6.75. The number of esters is 1. The summed E-state index contributed by atoms with van der Waals surface area (Å²) in [6, 6.07) is 8.61. The lowest BCUT2D eigenvalue weighted by atomic mass is 10.1. The van der Waals surface area contributed by atoms with E-state index in [0.717, 1.165) is 12.0 Å². The number of hydrogen-bond acceptors (Lipinski definition) is 5. The molecule has 5 nitrogen and oxygen atoms in total. The van der Waals surface area contributed by atoms with Crippen molar-refractivity contribution in [3.8, 4) is 0 Å². The van der Waals surface area contributed by atoms with Gasteiger partial charge in [-0.15, -0.1) is 0 Å². The Morgan fingerprint density at radius 1 is 1.25 bits per heavy atom. The van der Waals surface area contributed by atoms with Crippen LogP contribution in [0.4, 0.5) is 6.01 Å². The van der Waals surface area contributed by atoms with Gasteiger partial charge in [0.25, 0.3) is 6.01 Å². The molecule has 1 heterocycles. The number of carbonyl (C=O) groups is 1. The van der Waals surface area contributed by atoms with Crippen LogP contribution in [0.1, 0.15) is 35.5 Å². The van der Waals surface area contributed by atoms with Crippen LogP contribution >= 0.6 is 0 Å². The molecule has 0 radical (unpaired) electrons. The molecule has 2 rings (SSSR count). The third-order valence-electron chi connectivity index (χ3n) is 2.86. The van der Waals surface area contributed by atoms with Gasteiger partial charge in [0.2, 0.25) is 0 Å². The van der Waals surface area contributed by atoms with Crippen LogP contribution in [-0.4, -0.2) is 17.6 Å². The zero-order valence-corrected chi connectivity index (χ0v) is 11.7. The SMILES string of the molecule is CCOC(=O)c1coc(NCc2ccc(CC)cc2)n1. The molecule has 0 aliphatic carbocycles. The number of carbonyl (C=O) groups excluding carboxylic acids is 1. The normalized spacial score (nSPS) is 10.3. The largest absolute Gasteiger partial charge is 0.461 e. The Labute approximate surface area is 118 Å². The maximum atomic E-state index is 11.4. The number of nitrogens with one attached hydrogen (secondary N) is 1. The van der Waals surface area contributed by atoms with Crippen LogP contribution in [0.25, 0.3) is 0 Å². The summed E-state index contributed by atoms with van der Waals surface area (Å²) in [6.07, 6.45) is 2.32. The molecule has 1 N–H and O–H groups in total. The summed E-state index contributed by atoms with van der Waals surface area (Å²) in [6.45, 7) is 4.78. The molecule has 5 heteroatoms. The van der Waals surface area contributed by atoms with Gasteiger partial charge in [-0.05, 0) is 24.5 Å². The zero-order valence-electron chi connectivity index (χ0n) is 11.7. The number of anilines is 1.